The third-order valence-corrected chi connectivity index (χ3v) is 7.46. The molecule has 5 rings (SSSR count). The number of aromatic nitrogens is 1. The number of nitrogens with one attached hydrogen (secondary N) is 1. The third kappa shape index (κ3) is 4.12. The number of H-pyrrole nitrogens is 1. The lowest BCUT2D eigenvalue weighted by Gasteiger charge is -2.27. The molecular weight excluding hydrogens is 460 g/mol. The summed E-state index contributed by atoms with van der Waals surface area (Å²) in [6.07, 6.45) is 3.37. The van der Waals surface area contributed by atoms with Crippen molar-refractivity contribution in [1.82, 2.24) is 9.88 Å². The molecule has 2 N–H and O–H groups in total. The van der Waals surface area contributed by atoms with E-state index >= 15 is 0 Å². The van der Waals surface area contributed by atoms with Crippen LogP contribution in [0.4, 0.5) is 0 Å². The van der Waals surface area contributed by atoms with Gasteiger partial charge in [0.25, 0.3) is 5.91 Å². The standard InChI is InChI=1S/C28H26N2O4S/c1-3-17-6-8-18(9-7-17)25-24(26(31)23-5-4-14-35-23)27(32)28(33)30(25)13-12-19-16-29-22-11-10-20(34-2)15-21(19)22/h4-11,14-16,25,29,32H,3,12-13H2,1-2H3. The van der Waals surface area contributed by atoms with Gasteiger partial charge >= 0.3 is 0 Å². The highest BCUT2D eigenvalue weighted by Crippen LogP contribution is 2.40. The molecule has 7 heteroatoms. The first-order chi connectivity index (χ1) is 17.0. The molecule has 0 saturated heterocycles. The molecule has 1 aliphatic rings. The molecule has 6 nitrogen and oxygen atoms in total. The van der Waals surface area contributed by atoms with Crippen LogP contribution in [0, 0.1) is 0 Å². The van der Waals surface area contributed by atoms with Gasteiger partial charge in [0, 0.05) is 23.6 Å². The number of carbonyl (C=O) groups excluding carboxylic acids is 2. The molecule has 0 bridgehead atoms. The topological polar surface area (TPSA) is 82.6 Å². The van der Waals surface area contributed by atoms with Crippen LogP contribution in [0.3, 0.4) is 0 Å². The van der Waals surface area contributed by atoms with Crippen LogP contribution in [0.1, 0.15) is 39.3 Å². The van der Waals surface area contributed by atoms with Gasteiger partial charge in [-0.15, -0.1) is 11.3 Å². The zero-order valence-electron chi connectivity index (χ0n) is 19.6. The summed E-state index contributed by atoms with van der Waals surface area (Å²) in [4.78, 5) is 32.0. The first kappa shape index (κ1) is 22.9. The van der Waals surface area contributed by atoms with E-state index in [-0.39, 0.29) is 11.4 Å². The van der Waals surface area contributed by atoms with Gasteiger partial charge in [-0.1, -0.05) is 37.3 Å². The smallest absolute Gasteiger partial charge is 0.290 e. The number of benzene rings is 2. The van der Waals surface area contributed by atoms with Gasteiger partial charge in [0.05, 0.1) is 23.6 Å². The number of ether oxygens (including phenoxy) is 1. The van der Waals surface area contributed by atoms with Crippen LogP contribution in [0.2, 0.25) is 0 Å². The lowest BCUT2D eigenvalue weighted by Crippen LogP contribution is -2.33. The second-order valence-corrected chi connectivity index (χ2v) is 9.49. The number of aliphatic hydroxyl groups excluding tert-OH is 1. The van der Waals surface area contributed by atoms with Crippen molar-refractivity contribution in [3.63, 3.8) is 0 Å². The normalized spacial score (nSPS) is 15.9. The number of thiophene rings is 1. The largest absolute Gasteiger partial charge is 0.503 e. The minimum atomic E-state index is -0.650. The fourth-order valence-electron chi connectivity index (χ4n) is 4.67. The second-order valence-electron chi connectivity index (χ2n) is 8.54. The van der Waals surface area contributed by atoms with Gasteiger partial charge in [-0.05, 0) is 59.2 Å². The van der Waals surface area contributed by atoms with Crippen molar-refractivity contribution in [3.05, 3.63) is 99.1 Å². The summed E-state index contributed by atoms with van der Waals surface area (Å²) in [5.41, 5.74) is 4.12. The molecular formula is C28H26N2O4S. The molecule has 178 valence electrons. The van der Waals surface area contributed by atoms with Crippen LogP contribution in [0.5, 0.6) is 5.75 Å². The van der Waals surface area contributed by atoms with Gasteiger partial charge in [0.1, 0.15) is 5.75 Å². The van der Waals surface area contributed by atoms with E-state index in [9.17, 15) is 14.7 Å². The van der Waals surface area contributed by atoms with Crippen molar-refractivity contribution in [2.75, 3.05) is 13.7 Å². The number of hydrogen-bond donors (Lipinski definition) is 2. The number of amides is 1. The van der Waals surface area contributed by atoms with E-state index in [0.29, 0.717) is 17.8 Å². The van der Waals surface area contributed by atoms with Crippen molar-refractivity contribution >= 4 is 33.9 Å². The number of ketones is 1. The molecule has 2 aromatic carbocycles. The summed E-state index contributed by atoms with van der Waals surface area (Å²) in [6, 6.07) is 16.6. The first-order valence-electron chi connectivity index (χ1n) is 11.6. The van der Waals surface area contributed by atoms with E-state index in [0.717, 1.165) is 39.8 Å². The Labute approximate surface area is 207 Å². The molecule has 4 aromatic rings. The van der Waals surface area contributed by atoms with Crippen LogP contribution in [0.25, 0.3) is 10.9 Å². The van der Waals surface area contributed by atoms with Crippen molar-refractivity contribution in [2.24, 2.45) is 0 Å². The fourth-order valence-corrected chi connectivity index (χ4v) is 5.35. The zero-order valence-corrected chi connectivity index (χ0v) is 20.4. The van der Waals surface area contributed by atoms with Gasteiger partial charge in [-0.3, -0.25) is 9.59 Å². The summed E-state index contributed by atoms with van der Waals surface area (Å²) in [5.74, 6) is -0.539. The second kappa shape index (κ2) is 9.43. The number of rotatable bonds is 8. The molecule has 0 radical (unpaired) electrons. The highest BCUT2D eigenvalue weighted by Gasteiger charge is 2.43. The fraction of sp³-hybridized carbons (Fsp3) is 0.214. The van der Waals surface area contributed by atoms with Crippen LogP contribution < -0.4 is 4.74 Å². The number of Topliss-reactive ketones (excluding diaryl/α,β-unsaturated/α-hetero) is 1. The predicted octanol–water partition coefficient (Wildman–Crippen LogP) is 5.62. The lowest BCUT2D eigenvalue weighted by atomic mass is 9.94. The Morgan fingerprint density at radius 2 is 1.97 bits per heavy atom. The molecule has 1 unspecified atom stereocenters. The summed E-state index contributed by atoms with van der Waals surface area (Å²) in [5, 5.41) is 13.7. The maximum absolute atomic E-state index is 13.4. The Kier molecular flexibility index (Phi) is 6.17. The summed E-state index contributed by atoms with van der Waals surface area (Å²) >= 11 is 1.30. The number of carbonyl (C=O) groups is 2. The van der Waals surface area contributed by atoms with Gasteiger partial charge in [-0.25, -0.2) is 0 Å². The van der Waals surface area contributed by atoms with E-state index in [4.69, 9.17) is 4.74 Å². The van der Waals surface area contributed by atoms with Crippen LogP contribution in [-0.2, 0) is 17.6 Å². The number of aromatic amines is 1. The number of aliphatic hydroxyl groups is 1. The molecule has 0 fully saturated rings. The van der Waals surface area contributed by atoms with E-state index < -0.39 is 17.7 Å². The molecule has 0 aliphatic carbocycles. The Morgan fingerprint density at radius 1 is 1.17 bits per heavy atom. The number of fused-ring (bicyclic) bond motifs is 1. The van der Waals surface area contributed by atoms with E-state index in [2.05, 4.69) is 11.9 Å². The van der Waals surface area contributed by atoms with E-state index in [1.807, 2.05) is 54.0 Å². The Balaban J connectivity index is 1.50. The maximum Gasteiger partial charge on any atom is 0.290 e. The SMILES string of the molecule is CCc1ccc(C2C(C(=O)c3cccs3)=C(O)C(=O)N2CCc2c[nH]c3ccc(OC)cc23)cc1. The molecule has 0 spiro atoms. The number of hydrogen-bond acceptors (Lipinski definition) is 5. The highest BCUT2D eigenvalue weighted by atomic mass is 32.1. The predicted molar refractivity (Wildman–Crippen MR) is 137 cm³/mol. The quantitative estimate of drug-likeness (QED) is 0.317. The molecule has 1 amide bonds. The van der Waals surface area contributed by atoms with Crippen molar-refractivity contribution in [3.8, 4) is 5.75 Å². The van der Waals surface area contributed by atoms with Crippen LogP contribution >= 0.6 is 11.3 Å². The Bertz CT molecular complexity index is 1420. The number of methoxy groups -OCH3 is 1. The monoisotopic (exact) mass is 486 g/mol. The maximum atomic E-state index is 13.4. The molecule has 1 atom stereocenters. The summed E-state index contributed by atoms with van der Waals surface area (Å²) < 4.78 is 5.37. The molecule has 2 aromatic heterocycles. The average Bonchev–Trinajstić information content (AvgIpc) is 3.62. The molecule has 3 heterocycles. The third-order valence-electron chi connectivity index (χ3n) is 6.59. The molecule has 35 heavy (non-hydrogen) atoms. The zero-order chi connectivity index (χ0) is 24.5. The summed E-state index contributed by atoms with van der Waals surface area (Å²) in [7, 11) is 1.63. The minimum absolute atomic E-state index is 0.141. The van der Waals surface area contributed by atoms with Crippen molar-refractivity contribution in [1.29, 1.82) is 0 Å². The van der Waals surface area contributed by atoms with Crippen LogP contribution in [-0.4, -0.2) is 40.3 Å². The van der Waals surface area contributed by atoms with Crippen molar-refractivity contribution in [2.45, 2.75) is 25.8 Å². The molecule has 0 saturated carbocycles. The van der Waals surface area contributed by atoms with Gasteiger partial charge in [0.2, 0.25) is 5.78 Å². The van der Waals surface area contributed by atoms with Gasteiger partial charge in [-0.2, -0.15) is 0 Å². The van der Waals surface area contributed by atoms with Crippen LogP contribution in [0.15, 0.2) is 77.5 Å². The van der Waals surface area contributed by atoms with Crippen molar-refractivity contribution < 1.29 is 19.4 Å². The number of aryl methyl sites for hydroxylation is 1. The number of nitrogens with zero attached hydrogens (tertiary/aromatic N) is 1. The Morgan fingerprint density at radius 3 is 2.66 bits per heavy atom. The minimum Gasteiger partial charge on any atom is -0.503 e. The summed E-state index contributed by atoms with van der Waals surface area (Å²) in [6.45, 7) is 2.42. The molecule has 1 aliphatic heterocycles. The lowest BCUT2D eigenvalue weighted by molar-refractivity contribution is -0.129. The van der Waals surface area contributed by atoms with Gasteiger partial charge in [0.15, 0.2) is 5.76 Å². The van der Waals surface area contributed by atoms with Gasteiger partial charge < -0.3 is 19.7 Å². The Hall–Kier alpha value is -3.84. The van der Waals surface area contributed by atoms with E-state index in [1.165, 1.54) is 11.3 Å². The van der Waals surface area contributed by atoms with E-state index in [1.54, 1.807) is 24.1 Å². The average molecular weight is 487 g/mol. The highest BCUT2D eigenvalue weighted by molar-refractivity contribution is 7.12. The first-order valence-corrected chi connectivity index (χ1v) is 12.4.